The highest BCUT2D eigenvalue weighted by Crippen LogP contribution is 2.56. The third kappa shape index (κ3) is 9.09. The molecule has 35 heavy (non-hydrogen) atoms. The number of hydrogen-bond acceptors (Lipinski definition) is 11. The summed E-state index contributed by atoms with van der Waals surface area (Å²) in [6, 6.07) is -0.397. The van der Waals surface area contributed by atoms with Crippen LogP contribution in [-0.2, 0) is 50.9 Å². The zero-order valence-electron chi connectivity index (χ0n) is 20.7. The van der Waals surface area contributed by atoms with E-state index in [0.717, 1.165) is 0 Å². The molecule has 1 unspecified atom stereocenters. The standard InChI is InChI=1S/C17H35B3O12P2S/c1-24-6-12-10(4-16(19)28-12)31-33(21,22)26-7-14-11(5-17(20)30-14)32-34(23,35)27-8-13-9(25-2)3-15(18)29-13/h9-17H,3-8,18-20H2,1-2H3,(H,21,22)(H,23,35)/t9-,10-,11-,12-,13-,14-,15-,16-,17-,34+/m1/s1. The Labute approximate surface area is 214 Å². The SMILES string of the molecule is B[C@H]1C[C@@H](OC)[C@@H](CO[P@](=O)(S)O[C@@H]2C[C@H](B)O[C@@H]2COP(=O)(O)O[C@@H]2C[C@H](B)O[C@@H]2COC)O1. The van der Waals surface area contributed by atoms with Crippen LogP contribution in [0.1, 0.15) is 19.3 Å². The maximum absolute atomic E-state index is 12.9. The van der Waals surface area contributed by atoms with Crippen molar-refractivity contribution in [3.63, 3.8) is 0 Å². The van der Waals surface area contributed by atoms with Crippen molar-refractivity contribution < 1.29 is 55.8 Å². The third-order valence-corrected chi connectivity index (χ3v) is 8.79. The van der Waals surface area contributed by atoms with E-state index in [1.54, 1.807) is 15.0 Å². The Kier molecular flexibility index (Phi) is 11.3. The number of phosphoric acid groups is 1. The van der Waals surface area contributed by atoms with Gasteiger partial charge >= 0.3 is 14.6 Å². The van der Waals surface area contributed by atoms with Crippen molar-refractivity contribution in [3.05, 3.63) is 0 Å². The molecule has 3 heterocycles. The van der Waals surface area contributed by atoms with Crippen LogP contribution in [0.5, 0.6) is 0 Å². The van der Waals surface area contributed by atoms with Gasteiger partial charge in [-0.05, 0) is 19.3 Å². The van der Waals surface area contributed by atoms with Gasteiger partial charge in [-0.25, -0.2) is 9.13 Å². The highest BCUT2D eigenvalue weighted by molar-refractivity contribution is 8.44. The van der Waals surface area contributed by atoms with E-state index >= 15 is 0 Å². The molecule has 0 aliphatic carbocycles. The number of rotatable bonds is 13. The van der Waals surface area contributed by atoms with Crippen molar-refractivity contribution in [1.82, 2.24) is 0 Å². The number of hydrogen-bond donors (Lipinski definition) is 2. The molecule has 1 N–H and O–H groups in total. The van der Waals surface area contributed by atoms with Crippen molar-refractivity contribution in [2.24, 2.45) is 0 Å². The fourth-order valence-electron chi connectivity index (χ4n) is 4.57. The fourth-order valence-corrected chi connectivity index (χ4v) is 7.06. The predicted octanol–water partition coefficient (Wildman–Crippen LogP) is -1.17. The lowest BCUT2D eigenvalue weighted by molar-refractivity contribution is -0.0324. The molecule has 0 bridgehead atoms. The Bertz CT molecular complexity index is 787. The zero-order valence-corrected chi connectivity index (χ0v) is 23.4. The van der Waals surface area contributed by atoms with Gasteiger partial charge in [-0.3, -0.25) is 18.1 Å². The summed E-state index contributed by atoms with van der Waals surface area (Å²) in [5.74, 6) is 0. The molecule has 3 saturated heterocycles. The molecular formula is C17H35B3O12P2S. The maximum Gasteiger partial charge on any atom is 0.472 e. The smallest absolute Gasteiger partial charge is 0.382 e. The van der Waals surface area contributed by atoms with Gasteiger partial charge in [0.05, 0.1) is 38.1 Å². The van der Waals surface area contributed by atoms with Crippen molar-refractivity contribution in [2.75, 3.05) is 34.0 Å². The van der Waals surface area contributed by atoms with Gasteiger partial charge in [0.25, 0.3) is 0 Å². The molecule has 0 amide bonds. The first-order chi connectivity index (χ1) is 16.4. The van der Waals surface area contributed by atoms with Gasteiger partial charge in [-0.1, -0.05) is 12.2 Å². The quantitative estimate of drug-likeness (QED) is 0.160. The Balaban J connectivity index is 1.51. The predicted molar refractivity (Wildman–Crippen MR) is 136 cm³/mol. The van der Waals surface area contributed by atoms with E-state index in [0.29, 0.717) is 19.3 Å². The lowest BCUT2D eigenvalue weighted by Gasteiger charge is -2.25. The second kappa shape index (κ2) is 13.1. The van der Waals surface area contributed by atoms with E-state index in [9.17, 15) is 14.0 Å². The first-order valence-electron chi connectivity index (χ1n) is 11.7. The monoisotopic (exact) mass is 558 g/mol. The molecule has 3 aliphatic heterocycles. The Morgan fingerprint density at radius 2 is 1.26 bits per heavy atom. The molecule has 0 aromatic rings. The first kappa shape index (κ1) is 30.2. The van der Waals surface area contributed by atoms with Crippen molar-refractivity contribution >= 4 is 50.4 Å². The number of methoxy groups -OCH3 is 2. The molecule has 18 heteroatoms. The number of phosphoric ester groups is 1. The normalized spacial score (nSPS) is 41.1. The van der Waals surface area contributed by atoms with Crippen LogP contribution in [0, 0.1) is 0 Å². The molecule has 3 fully saturated rings. The average Bonchev–Trinajstić information content (AvgIpc) is 3.41. The Hall–Kier alpha value is 0.605. The zero-order chi connectivity index (χ0) is 25.8. The van der Waals surface area contributed by atoms with Gasteiger partial charge in [0, 0.05) is 32.2 Å². The van der Waals surface area contributed by atoms with E-state index in [1.165, 1.54) is 7.11 Å². The summed E-state index contributed by atoms with van der Waals surface area (Å²) in [5.41, 5.74) is 0. The number of thiol groups is 1. The number of ether oxygens (including phenoxy) is 5. The van der Waals surface area contributed by atoms with Gasteiger partial charge in [-0.2, -0.15) is 0 Å². The van der Waals surface area contributed by atoms with E-state index in [4.69, 9.17) is 41.8 Å². The molecule has 0 saturated carbocycles. The summed E-state index contributed by atoms with van der Waals surface area (Å²) >= 11 is 4.09. The second-order valence-electron chi connectivity index (χ2n) is 9.21. The fraction of sp³-hybridized carbons (Fsp3) is 1.00. The molecule has 0 spiro atoms. The summed E-state index contributed by atoms with van der Waals surface area (Å²) in [7, 11) is 4.22. The van der Waals surface area contributed by atoms with E-state index in [1.807, 2.05) is 15.7 Å². The van der Waals surface area contributed by atoms with Gasteiger partial charge in [-0.15, -0.1) is 0 Å². The highest BCUT2D eigenvalue weighted by Gasteiger charge is 2.43. The average molecular weight is 558 g/mol. The van der Waals surface area contributed by atoms with E-state index in [-0.39, 0.29) is 43.9 Å². The summed E-state index contributed by atoms with van der Waals surface area (Å²) in [6.45, 7) is -3.90. The van der Waals surface area contributed by atoms with E-state index < -0.39 is 45.1 Å². The van der Waals surface area contributed by atoms with Gasteiger partial charge in [0.1, 0.15) is 41.9 Å². The topological polar surface area (TPSA) is 137 Å². The minimum atomic E-state index is -4.44. The van der Waals surface area contributed by atoms with Crippen LogP contribution in [-0.4, -0.2) is 117 Å². The molecule has 3 aliphatic rings. The first-order valence-corrected chi connectivity index (χ1v) is 15.9. The lowest BCUT2D eigenvalue weighted by Crippen LogP contribution is -2.31. The summed E-state index contributed by atoms with van der Waals surface area (Å²) in [4.78, 5) is 10.3. The molecule has 0 aromatic heterocycles. The van der Waals surface area contributed by atoms with Gasteiger partial charge in [0.2, 0.25) is 0 Å². The van der Waals surface area contributed by atoms with E-state index in [2.05, 4.69) is 12.2 Å². The maximum atomic E-state index is 12.9. The molecule has 11 atom stereocenters. The summed E-state index contributed by atoms with van der Waals surface area (Å²) in [5, 5.41) is 0. The third-order valence-electron chi connectivity index (χ3n) is 6.13. The molecular weight excluding hydrogens is 523 g/mol. The van der Waals surface area contributed by atoms with Gasteiger partial charge < -0.3 is 28.6 Å². The highest BCUT2D eigenvalue weighted by atomic mass is 32.7. The lowest BCUT2D eigenvalue weighted by atomic mass is 9.96. The van der Waals surface area contributed by atoms with Crippen LogP contribution in [0.4, 0.5) is 0 Å². The van der Waals surface area contributed by atoms with Crippen LogP contribution in [0.3, 0.4) is 0 Å². The molecule has 12 nitrogen and oxygen atoms in total. The Morgan fingerprint density at radius 1 is 0.800 bits per heavy atom. The minimum Gasteiger partial charge on any atom is -0.382 e. The van der Waals surface area contributed by atoms with Crippen LogP contribution >= 0.6 is 26.9 Å². The van der Waals surface area contributed by atoms with Crippen molar-refractivity contribution in [3.8, 4) is 0 Å². The minimum absolute atomic E-state index is 0.000409. The molecule has 200 valence electrons. The molecule has 3 rings (SSSR count). The van der Waals surface area contributed by atoms with Gasteiger partial charge in [0.15, 0.2) is 0 Å². The van der Waals surface area contributed by atoms with Crippen LogP contribution in [0.25, 0.3) is 0 Å². The van der Waals surface area contributed by atoms with Crippen LogP contribution in [0.15, 0.2) is 0 Å². The molecule has 0 aromatic carbocycles. The summed E-state index contributed by atoms with van der Waals surface area (Å²) < 4.78 is 74.8. The van der Waals surface area contributed by atoms with Crippen LogP contribution < -0.4 is 0 Å². The van der Waals surface area contributed by atoms with Crippen molar-refractivity contribution in [2.45, 2.75) is 73.9 Å². The summed E-state index contributed by atoms with van der Waals surface area (Å²) in [6.07, 6.45) is -1.70. The second-order valence-corrected chi connectivity index (χ2v) is 13.5. The largest absolute Gasteiger partial charge is 0.472 e. The molecule has 0 radical (unpaired) electrons. The Morgan fingerprint density at radius 3 is 1.80 bits per heavy atom. The van der Waals surface area contributed by atoms with Crippen LogP contribution in [0.2, 0.25) is 0 Å². The van der Waals surface area contributed by atoms with Crippen molar-refractivity contribution in [1.29, 1.82) is 0 Å².